The number of carbonyl (C=O) groups excluding carboxylic acids is 2. The van der Waals surface area contributed by atoms with E-state index in [4.69, 9.17) is 0 Å². The highest BCUT2D eigenvalue weighted by Gasteiger charge is 2.42. The summed E-state index contributed by atoms with van der Waals surface area (Å²) < 4.78 is 4.66. The van der Waals surface area contributed by atoms with Crippen molar-refractivity contribution in [1.82, 2.24) is 0 Å². The van der Waals surface area contributed by atoms with E-state index < -0.39 is 0 Å². The number of methoxy groups -OCH3 is 1. The Kier molecular flexibility index (Phi) is 1.94. The normalized spacial score (nSPS) is 36.4. The van der Waals surface area contributed by atoms with Crippen LogP contribution in [0.3, 0.4) is 0 Å². The van der Waals surface area contributed by atoms with Crippen LogP contribution in [0.25, 0.3) is 0 Å². The minimum Gasteiger partial charge on any atom is -0.469 e. The van der Waals surface area contributed by atoms with Crippen LogP contribution in [0.15, 0.2) is 12.2 Å². The molecule has 1 saturated carbocycles. The summed E-state index contributed by atoms with van der Waals surface area (Å²) in [5.74, 6) is 0.293. The Balaban J connectivity index is 2.06. The van der Waals surface area contributed by atoms with Crippen molar-refractivity contribution in [2.24, 2.45) is 17.8 Å². The third kappa shape index (κ3) is 1.28. The molecule has 0 bridgehead atoms. The smallest absolute Gasteiger partial charge is 0.308 e. The molecule has 0 N–H and O–H groups in total. The van der Waals surface area contributed by atoms with Crippen molar-refractivity contribution in [2.45, 2.75) is 12.8 Å². The largest absolute Gasteiger partial charge is 0.469 e. The quantitative estimate of drug-likeness (QED) is 0.564. The second-order valence-corrected chi connectivity index (χ2v) is 3.72. The number of rotatable bonds is 1. The summed E-state index contributed by atoms with van der Waals surface area (Å²) in [6.45, 7) is 0. The lowest BCUT2D eigenvalue weighted by Gasteiger charge is -2.05. The number of fused-ring (bicyclic) bond motifs is 1. The Morgan fingerprint density at radius 1 is 1.54 bits per heavy atom. The average Bonchev–Trinajstić information content (AvgIpc) is 2.67. The van der Waals surface area contributed by atoms with Crippen molar-refractivity contribution >= 4 is 11.8 Å². The molecule has 70 valence electrons. The van der Waals surface area contributed by atoms with Crippen LogP contribution in [-0.4, -0.2) is 18.9 Å². The van der Waals surface area contributed by atoms with Gasteiger partial charge in [0.25, 0.3) is 0 Å². The molecule has 2 aliphatic rings. The van der Waals surface area contributed by atoms with Gasteiger partial charge in [0.1, 0.15) is 0 Å². The minimum atomic E-state index is -0.171. The van der Waals surface area contributed by atoms with E-state index in [1.807, 2.05) is 6.08 Å². The third-order valence-electron chi connectivity index (χ3n) is 3.02. The van der Waals surface area contributed by atoms with Crippen molar-refractivity contribution in [3.8, 4) is 0 Å². The van der Waals surface area contributed by atoms with Gasteiger partial charge in [0.2, 0.25) is 0 Å². The van der Waals surface area contributed by atoms with E-state index in [2.05, 4.69) is 4.74 Å². The molecule has 2 rings (SSSR count). The molecule has 0 aliphatic heterocycles. The lowest BCUT2D eigenvalue weighted by atomic mass is 9.99. The van der Waals surface area contributed by atoms with E-state index in [-0.39, 0.29) is 29.5 Å². The lowest BCUT2D eigenvalue weighted by Crippen LogP contribution is -2.14. The van der Waals surface area contributed by atoms with Crippen LogP contribution in [0, 0.1) is 17.8 Å². The van der Waals surface area contributed by atoms with E-state index >= 15 is 0 Å². The Hall–Kier alpha value is -1.12. The second kappa shape index (κ2) is 2.98. The molecule has 0 spiro atoms. The van der Waals surface area contributed by atoms with Gasteiger partial charge in [-0.15, -0.1) is 0 Å². The molecule has 0 heterocycles. The van der Waals surface area contributed by atoms with E-state index in [0.717, 1.165) is 6.42 Å². The van der Waals surface area contributed by atoms with Crippen LogP contribution in [0.5, 0.6) is 0 Å². The molecule has 0 aromatic rings. The summed E-state index contributed by atoms with van der Waals surface area (Å²) >= 11 is 0. The molecule has 0 unspecified atom stereocenters. The van der Waals surface area contributed by atoms with Crippen LogP contribution in [0.4, 0.5) is 0 Å². The van der Waals surface area contributed by atoms with Crippen LogP contribution >= 0.6 is 0 Å². The summed E-state index contributed by atoms with van der Waals surface area (Å²) in [5, 5.41) is 0. The average molecular weight is 180 g/mol. The fourth-order valence-corrected chi connectivity index (χ4v) is 2.31. The minimum absolute atomic E-state index is 0.0594. The molecule has 0 aromatic heterocycles. The maximum atomic E-state index is 11.3. The number of ether oxygens (including phenoxy) is 1. The number of allylic oxidation sites excluding steroid dienone is 2. The van der Waals surface area contributed by atoms with Crippen LogP contribution < -0.4 is 0 Å². The van der Waals surface area contributed by atoms with Crippen LogP contribution in [-0.2, 0) is 14.3 Å². The maximum absolute atomic E-state index is 11.3. The van der Waals surface area contributed by atoms with Gasteiger partial charge in [-0.25, -0.2) is 0 Å². The predicted octanol–water partition coefficient (Wildman–Crippen LogP) is 0.941. The van der Waals surface area contributed by atoms with Crippen molar-refractivity contribution < 1.29 is 14.3 Å². The molecular formula is C10H12O3. The molecule has 0 saturated heterocycles. The standard InChI is InChI=1S/C10H12O3/c1-13-10(12)7-4-6-2-3-9(11)8(6)5-7/h2-3,6-8H,4-5H2,1H3/t6-,7+,8+/m0/s1. The van der Waals surface area contributed by atoms with Gasteiger partial charge in [-0.3, -0.25) is 9.59 Å². The molecule has 0 amide bonds. The van der Waals surface area contributed by atoms with Crippen molar-refractivity contribution in [3.05, 3.63) is 12.2 Å². The summed E-state index contributed by atoms with van der Waals surface area (Å²) in [7, 11) is 1.40. The first-order chi connectivity index (χ1) is 6.22. The first-order valence-corrected chi connectivity index (χ1v) is 4.52. The van der Waals surface area contributed by atoms with Crippen molar-refractivity contribution in [2.75, 3.05) is 7.11 Å². The molecule has 3 atom stereocenters. The Morgan fingerprint density at radius 2 is 2.31 bits per heavy atom. The molecular weight excluding hydrogens is 168 g/mol. The van der Waals surface area contributed by atoms with Crippen molar-refractivity contribution in [1.29, 1.82) is 0 Å². The van der Waals surface area contributed by atoms with E-state index in [1.54, 1.807) is 6.08 Å². The fraction of sp³-hybridized carbons (Fsp3) is 0.600. The van der Waals surface area contributed by atoms with E-state index in [0.29, 0.717) is 6.42 Å². The number of carbonyl (C=O) groups is 2. The summed E-state index contributed by atoms with van der Waals surface area (Å²) in [5.41, 5.74) is 0. The highest BCUT2D eigenvalue weighted by molar-refractivity contribution is 5.95. The number of hydrogen-bond donors (Lipinski definition) is 0. The van der Waals surface area contributed by atoms with Gasteiger partial charge in [0.05, 0.1) is 13.0 Å². The molecule has 0 aromatic carbocycles. The maximum Gasteiger partial charge on any atom is 0.308 e. The molecule has 3 nitrogen and oxygen atoms in total. The van der Waals surface area contributed by atoms with Gasteiger partial charge >= 0.3 is 5.97 Å². The summed E-state index contributed by atoms with van der Waals surface area (Å²) in [4.78, 5) is 22.5. The Morgan fingerprint density at radius 3 is 2.92 bits per heavy atom. The highest BCUT2D eigenvalue weighted by Crippen LogP contribution is 2.41. The fourth-order valence-electron chi connectivity index (χ4n) is 2.31. The van der Waals surface area contributed by atoms with Gasteiger partial charge in [0, 0.05) is 5.92 Å². The second-order valence-electron chi connectivity index (χ2n) is 3.72. The monoisotopic (exact) mass is 180 g/mol. The summed E-state index contributed by atoms with van der Waals surface area (Å²) in [6.07, 6.45) is 5.02. The van der Waals surface area contributed by atoms with E-state index in [9.17, 15) is 9.59 Å². The third-order valence-corrected chi connectivity index (χ3v) is 3.02. The number of hydrogen-bond acceptors (Lipinski definition) is 3. The van der Waals surface area contributed by atoms with Gasteiger partial charge in [-0.05, 0) is 24.8 Å². The van der Waals surface area contributed by atoms with E-state index in [1.165, 1.54) is 7.11 Å². The zero-order chi connectivity index (χ0) is 9.42. The van der Waals surface area contributed by atoms with Gasteiger partial charge in [-0.2, -0.15) is 0 Å². The highest BCUT2D eigenvalue weighted by atomic mass is 16.5. The number of ketones is 1. The number of esters is 1. The molecule has 13 heavy (non-hydrogen) atoms. The first kappa shape index (κ1) is 8.48. The van der Waals surface area contributed by atoms with Gasteiger partial charge < -0.3 is 4.74 Å². The SMILES string of the molecule is COC(=O)[C@@H]1C[C@@H]2C=CC(=O)[C@@H]2C1. The Bertz CT molecular complexity index is 280. The lowest BCUT2D eigenvalue weighted by molar-refractivity contribution is -0.145. The van der Waals surface area contributed by atoms with Crippen LogP contribution in [0.2, 0.25) is 0 Å². The molecule has 2 aliphatic carbocycles. The molecule has 1 fully saturated rings. The molecule has 0 radical (unpaired) electrons. The first-order valence-electron chi connectivity index (χ1n) is 4.52. The van der Waals surface area contributed by atoms with Gasteiger partial charge in [-0.1, -0.05) is 6.08 Å². The predicted molar refractivity (Wildman–Crippen MR) is 45.9 cm³/mol. The zero-order valence-electron chi connectivity index (χ0n) is 7.53. The zero-order valence-corrected chi connectivity index (χ0v) is 7.53. The van der Waals surface area contributed by atoms with Crippen molar-refractivity contribution in [3.63, 3.8) is 0 Å². The summed E-state index contributed by atoms with van der Waals surface area (Å²) in [6, 6.07) is 0. The Labute approximate surface area is 76.8 Å². The molecule has 3 heteroatoms. The topological polar surface area (TPSA) is 43.4 Å². The van der Waals surface area contributed by atoms with Gasteiger partial charge in [0.15, 0.2) is 5.78 Å². The van der Waals surface area contributed by atoms with Crippen LogP contribution in [0.1, 0.15) is 12.8 Å².